The number of anilines is 1. The number of carbonyl (C=O) groups is 1. The highest BCUT2D eigenvalue weighted by molar-refractivity contribution is 5.90. The fraction of sp³-hybridized carbons (Fsp3) is 0.182. The van der Waals surface area contributed by atoms with Gasteiger partial charge >= 0.3 is 5.69 Å². The largest absolute Gasteiger partial charge is 0.325 e. The van der Waals surface area contributed by atoms with E-state index in [1.54, 1.807) is 0 Å². The molecule has 0 aliphatic heterocycles. The van der Waals surface area contributed by atoms with Gasteiger partial charge in [-0.3, -0.25) is 14.9 Å². The summed E-state index contributed by atoms with van der Waals surface area (Å²) in [4.78, 5) is 21.4. The van der Waals surface area contributed by atoms with E-state index < -0.39 is 22.3 Å². The Morgan fingerprint density at radius 1 is 1.52 bits per heavy atom. The van der Waals surface area contributed by atoms with Gasteiger partial charge in [-0.05, 0) is 6.07 Å². The second kappa shape index (κ2) is 6.05. The first-order chi connectivity index (χ1) is 9.99. The molecule has 3 N–H and O–H groups in total. The summed E-state index contributed by atoms with van der Waals surface area (Å²) in [7, 11) is 0. The molecule has 21 heavy (non-hydrogen) atoms. The van der Waals surface area contributed by atoms with Crippen molar-refractivity contribution in [1.82, 2.24) is 15.0 Å². The van der Waals surface area contributed by atoms with Crippen molar-refractivity contribution in [3.63, 3.8) is 0 Å². The Bertz CT molecular complexity index is 686. The SMILES string of the molecule is NCc1cn(CC(=O)Nc2ccc([N+](=O)[O-])c(F)c2)nn1. The molecule has 0 atom stereocenters. The highest BCUT2D eigenvalue weighted by Crippen LogP contribution is 2.20. The summed E-state index contributed by atoms with van der Waals surface area (Å²) in [6.45, 7) is 0.0702. The Labute approximate surface area is 117 Å². The number of nitrogens with two attached hydrogens (primary N) is 1. The number of nitro benzene ring substituents is 1. The molecule has 110 valence electrons. The van der Waals surface area contributed by atoms with Crippen molar-refractivity contribution in [3.05, 3.63) is 46.0 Å². The number of aromatic nitrogens is 3. The third kappa shape index (κ3) is 3.57. The number of nitrogens with zero attached hydrogens (tertiary/aromatic N) is 4. The predicted molar refractivity (Wildman–Crippen MR) is 69.6 cm³/mol. The van der Waals surface area contributed by atoms with E-state index in [2.05, 4.69) is 15.6 Å². The minimum atomic E-state index is -1.02. The normalized spacial score (nSPS) is 10.4. The zero-order chi connectivity index (χ0) is 15.4. The molecule has 1 aromatic carbocycles. The standard InChI is InChI=1S/C11H11FN6O3/c12-9-3-7(1-2-10(9)18(20)21)14-11(19)6-17-5-8(4-13)15-16-17/h1-3,5H,4,6,13H2,(H,14,19). The van der Waals surface area contributed by atoms with E-state index in [0.717, 1.165) is 12.1 Å². The summed E-state index contributed by atoms with van der Waals surface area (Å²) in [5.41, 5.74) is 5.35. The summed E-state index contributed by atoms with van der Waals surface area (Å²) < 4.78 is 14.7. The second-order valence-corrected chi connectivity index (χ2v) is 4.08. The third-order valence-electron chi connectivity index (χ3n) is 2.53. The monoisotopic (exact) mass is 294 g/mol. The quantitative estimate of drug-likeness (QED) is 0.607. The van der Waals surface area contributed by atoms with Crippen LogP contribution in [0.5, 0.6) is 0 Å². The molecule has 2 rings (SSSR count). The summed E-state index contributed by atoms with van der Waals surface area (Å²) in [5.74, 6) is -1.50. The number of amides is 1. The van der Waals surface area contributed by atoms with E-state index in [4.69, 9.17) is 5.73 Å². The van der Waals surface area contributed by atoms with Crippen LogP contribution in [0.3, 0.4) is 0 Å². The van der Waals surface area contributed by atoms with E-state index >= 15 is 0 Å². The molecule has 0 aliphatic carbocycles. The van der Waals surface area contributed by atoms with Crippen molar-refractivity contribution in [2.75, 3.05) is 5.32 Å². The molecule has 0 saturated carbocycles. The molecule has 0 aliphatic rings. The van der Waals surface area contributed by atoms with Gasteiger partial charge in [-0.2, -0.15) is 4.39 Å². The van der Waals surface area contributed by atoms with Gasteiger partial charge in [-0.1, -0.05) is 5.21 Å². The Balaban J connectivity index is 2.02. The highest BCUT2D eigenvalue weighted by atomic mass is 19.1. The zero-order valence-electron chi connectivity index (χ0n) is 10.7. The minimum Gasteiger partial charge on any atom is -0.325 e. The number of nitro groups is 1. The first kappa shape index (κ1) is 14.5. The molecular weight excluding hydrogens is 283 g/mol. The van der Waals surface area contributed by atoms with Crippen LogP contribution in [0, 0.1) is 15.9 Å². The fourth-order valence-electron chi connectivity index (χ4n) is 1.59. The third-order valence-corrected chi connectivity index (χ3v) is 2.53. The first-order valence-electron chi connectivity index (χ1n) is 5.82. The average Bonchev–Trinajstić information content (AvgIpc) is 2.85. The molecule has 1 amide bonds. The van der Waals surface area contributed by atoms with Crippen molar-refractivity contribution in [2.24, 2.45) is 5.73 Å². The Kier molecular flexibility index (Phi) is 4.18. The summed E-state index contributed by atoms with van der Waals surface area (Å²) in [6.07, 6.45) is 1.51. The van der Waals surface area contributed by atoms with Crippen LogP contribution in [-0.2, 0) is 17.9 Å². The minimum absolute atomic E-state index is 0.113. The van der Waals surface area contributed by atoms with Crippen molar-refractivity contribution in [1.29, 1.82) is 0 Å². The molecule has 0 radical (unpaired) electrons. The molecule has 0 bridgehead atoms. The van der Waals surface area contributed by atoms with Gasteiger partial charge in [0.15, 0.2) is 0 Å². The molecule has 0 saturated heterocycles. The highest BCUT2D eigenvalue weighted by Gasteiger charge is 2.15. The van der Waals surface area contributed by atoms with Crippen LogP contribution in [0.25, 0.3) is 0 Å². The molecule has 1 aromatic heterocycles. The van der Waals surface area contributed by atoms with E-state index in [-0.39, 0.29) is 18.8 Å². The number of hydrogen-bond donors (Lipinski definition) is 2. The van der Waals surface area contributed by atoms with Crippen LogP contribution >= 0.6 is 0 Å². The summed E-state index contributed by atoms with van der Waals surface area (Å²) in [5, 5.41) is 20.3. The molecule has 2 aromatic rings. The Morgan fingerprint density at radius 3 is 2.86 bits per heavy atom. The summed E-state index contributed by atoms with van der Waals surface area (Å²) in [6, 6.07) is 3.10. The van der Waals surface area contributed by atoms with E-state index in [1.165, 1.54) is 16.9 Å². The first-order valence-corrected chi connectivity index (χ1v) is 5.82. The van der Waals surface area contributed by atoms with E-state index in [0.29, 0.717) is 5.69 Å². The molecular formula is C11H11FN6O3. The number of carbonyl (C=O) groups excluding carboxylic acids is 1. The van der Waals surface area contributed by atoms with Crippen molar-refractivity contribution < 1.29 is 14.1 Å². The lowest BCUT2D eigenvalue weighted by Gasteiger charge is -2.05. The molecule has 0 fully saturated rings. The number of halogens is 1. The molecule has 1 heterocycles. The van der Waals surface area contributed by atoms with Crippen LogP contribution in [0.4, 0.5) is 15.8 Å². The van der Waals surface area contributed by atoms with E-state index in [1.807, 2.05) is 0 Å². The topological polar surface area (TPSA) is 129 Å². The Morgan fingerprint density at radius 2 is 2.29 bits per heavy atom. The number of rotatable bonds is 5. The predicted octanol–water partition coefficient (Wildman–Crippen LogP) is 0.423. The maximum atomic E-state index is 13.4. The maximum absolute atomic E-state index is 13.4. The number of benzene rings is 1. The maximum Gasteiger partial charge on any atom is 0.304 e. The van der Waals surface area contributed by atoms with Crippen LogP contribution in [0.15, 0.2) is 24.4 Å². The van der Waals surface area contributed by atoms with Gasteiger partial charge in [0.25, 0.3) is 0 Å². The van der Waals surface area contributed by atoms with Crippen molar-refractivity contribution in [2.45, 2.75) is 13.1 Å². The lowest BCUT2D eigenvalue weighted by molar-refractivity contribution is -0.387. The molecule has 0 unspecified atom stereocenters. The van der Waals surface area contributed by atoms with Crippen molar-refractivity contribution >= 4 is 17.3 Å². The van der Waals surface area contributed by atoms with Gasteiger partial charge in [-0.25, -0.2) is 4.68 Å². The van der Waals surface area contributed by atoms with Crippen LogP contribution in [0.1, 0.15) is 5.69 Å². The average molecular weight is 294 g/mol. The molecule has 9 nitrogen and oxygen atoms in total. The number of hydrogen-bond acceptors (Lipinski definition) is 6. The van der Waals surface area contributed by atoms with Crippen LogP contribution in [-0.4, -0.2) is 25.8 Å². The van der Waals surface area contributed by atoms with Gasteiger partial charge in [0.05, 0.1) is 16.8 Å². The summed E-state index contributed by atoms with van der Waals surface area (Å²) >= 11 is 0. The van der Waals surface area contributed by atoms with Crippen LogP contribution in [0.2, 0.25) is 0 Å². The van der Waals surface area contributed by atoms with Crippen LogP contribution < -0.4 is 11.1 Å². The molecule has 10 heteroatoms. The van der Waals surface area contributed by atoms with Crippen molar-refractivity contribution in [3.8, 4) is 0 Å². The van der Waals surface area contributed by atoms with E-state index in [9.17, 15) is 19.3 Å². The smallest absolute Gasteiger partial charge is 0.304 e. The van der Waals surface area contributed by atoms with Gasteiger partial charge < -0.3 is 11.1 Å². The zero-order valence-corrected chi connectivity index (χ0v) is 10.7. The fourth-order valence-corrected chi connectivity index (χ4v) is 1.59. The Hall–Kier alpha value is -2.88. The van der Waals surface area contributed by atoms with Gasteiger partial charge in [0.2, 0.25) is 11.7 Å². The van der Waals surface area contributed by atoms with Gasteiger partial charge in [0, 0.05) is 24.4 Å². The van der Waals surface area contributed by atoms with Gasteiger partial charge in [-0.15, -0.1) is 5.10 Å². The second-order valence-electron chi connectivity index (χ2n) is 4.08. The van der Waals surface area contributed by atoms with Gasteiger partial charge in [0.1, 0.15) is 6.54 Å². The number of nitrogens with one attached hydrogen (secondary N) is 1. The lowest BCUT2D eigenvalue weighted by atomic mass is 10.2. The lowest BCUT2D eigenvalue weighted by Crippen LogP contribution is -2.19. The molecule has 0 spiro atoms.